The molecule has 0 saturated carbocycles. The van der Waals surface area contributed by atoms with Crippen LogP contribution in [-0.2, 0) is 9.84 Å². The molecule has 0 aliphatic rings. The molecule has 1 aromatic heterocycles. The van der Waals surface area contributed by atoms with Crippen molar-refractivity contribution in [2.24, 2.45) is 0 Å². The van der Waals surface area contributed by atoms with Crippen LogP contribution in [0.1, 0.15) is 24.6 Å². The van der Waals surface area contributed by atoms with Gasteiger partial charge in [0, 0.05) is 6.26 Å². The Morgan fingerprint density at radius 1 is 1.40 bits per heavy atom. The summed E-state index contributed by atoms with van der Waals surface area (Å²) in [5.41, 5.74) is 6.88. The molecule has 0 fully saturated rings. The first-order valence-corrected chi connectivity index (χ1v) is 7.95. The summed E-state index contributed by atoms with van der Waals surface area (Å²) in [6.07, 6.45) is 2.79. The van der Waals surface area contributed by atoms with Gasteiger partial charge >= 0.3 is 0 Å². The Balaban J connectivity index is 2.22. The van der Waals surface area contributed by atoms with Gasteiger partial charge in [-0.1, -0.05) is 0 Å². The molecule has 0 aliphatic carbocycles. The summed E-state index contributed by atoms with van der Waals surface area (Å²) in [6, 6.07) is 4.42. The molecule has 2 aromatic rings. The second kappa shape index (κ2) is 5.16. The molecule has 0 amide bonds. The lowest BCUT2D eigenvalue weighted by Crippen LogP contribution is -2.09. The minimum absolute atomic E-state index is 0.171. The molecule has 1 aromatic carbocycles. The molecular formula is C13H17N3O3S. The van der Waals surface area contributed by atoms with E-state index in [1.807, 2.05) is 13.8 Å². The Bertz CT molecular complexity index is 722. The number of nitrogens with one attached hydrogen (secondary N) is 1. The number of hydrogen-bond donors (Lipinski definition) is 2. The molecule has 2 rings (SSSR count). The van der Waals surface area contributed by atoms with Gasteiger partial charge in [-0.25, -0.2) is 13.4 Å². The summed E-state index contributed by atoms with van der Waals surface area (Å²) < 4.78 is 28.3. The van der Waals surface area contributed by atoms with Crippen LogP contribution in [0.2, 0.25) is 0 Å². The average molecular weight is 295 g/mol. The second-order valence-corrected chi connectivity index (χ2v) is 6.71. The molecule has 1 unspecified atom stereocenters. The number of anilines is 2. The van der Waals surface area contributed by atoms with Crippen LogP contribution in [0.3, 0.4) is 0 Å². The van der Waals surface area contributed by atoms with Gasteiger partial charge in [0.1, 0.15) is 11.8 Å². The van der Waals surface area contributed by atoms with Crippen LogP contribution in [0.15, 0.2) is 33.7 Å². The zero-order valence-electron chi connectivity index (χ0n) is 11.5. The van der Waals surface area contributed by atoms with Gasteiger partial charge in [-0.2, -0.15) is 0 Å². The molecule has 0 spiro atoms. The third-order valence-corrected chi connectivity index (χ3v) is 3.94. The van der Waals surface area contributed by atoms with Gasteiger partial charge in [-0.05, 0) is 32.0 Å². The van der Waals surface area contributed by atoms with Gasteiger partial charge in [0.05, 0.1) is 22.5 Å². The Kier molecular flexibility index (Phi) is 3.71. The number of hydrogen-bond acceptors (Lipinski definition) is 6. The lowest BCUT2D eigenvalue weighted by atomic mass is 10.2. The molecule has 1 atom stereocenters. The summed E-state index contributed by atoms with van der Waals surface area (Å²) in [4.78, 5) is 4.33. The van der Waals surface area contributed by atoms with Crippen molar-refractivity contribution in [2.75, 3.05) is 17.3 Å². The molecule has 0 bridgehead atoms. The van der Waals surface area contributed by atoms with E-state index in [0.29, 0.717) is 17.3 Å². The van der Waals surface area contributed by atoms with Crippen LogP contribution in [0.25, 0.3) is 0 Å². The Labute approximate surface area is 117 Å². The van der Waals surface area contributed by atoms with Crippen LogP contribution in [0, 0.1) is 6.92 Å². The molecular weight excluding hydrogens is 278 g/mol. The topological polar surface area (TPSA) is 98.2 Å². The van der Waals surface area contributed by atoms with Crippen LogP contribution >= 0.6 is 0 Å². The molecule has 108 valence electrons. The SMILES string of the molecule is Cc1cnc(C(C)Nc2ccc(S(C)(=O)=O)cc2N)o1. The first-order chi connectivity index (χ1) is 9.27. The number of aryl methyl sites for hydroxylation is 1. The highest BCUT2D eigenvalue weighted by Crippen LogP contribution is 2.26. The van der Waals surface area contributed by atoms with Gasteiger partial charge in [-0.3, -0.25) is 0 Å². The molecule has 0 saturated heterocycles. The molecule has 6 nitrogen and oxygen atoms in total. The van der Waals surface area contributed by atoms with Crippen molar-refractivity contribution in [3.63, 3.8) is 0 Å². The number of benzene rings is 1. The number of oxazole rings is 1. The van der Waals surface area contributed by atoms with Crippen molar-refractivity contribution in [1.29, 1.82) is 0 Å². The third-order valence-electron chi connectivity index (χ3n) is 2.83. The summed E-state index contributed by atoms with van der Waals surface area (Å²) >= 11 is 0. The van der Waals surface area contributed by atoms with Crippen LogP contribution in [0.5, 0.6) is 0 Å². The van der Waals surface area contributed by atoms with Crippen molar-refractivity contribution >= 4 is 21.2 Å². The molecule has 20 heavy (non-hydrogen) atoms. The normalized spacial score (nSPS) is 13.2. The minimum Gasteiger partial charge on any atom is -0.444 e. The number of nitrogen functional groups attached to an aromatic ring is 1. The van der Waals surface area contributed by atoms with Gasteiger partial charge in [0.25, 0.3) is 0 Å². The summed E-state index contributed by atoms with van der Waals surface area (Å²) in [7, 11) is -3.26. The molecule has 3 N–H and O–H groups in total. The van der Waals surface area contributed by atoms with Crippen molar-refractivity contribution < 1.29 is 12.8 Å². The quantitative estimate of drug-likeness (QED) is 0.839. The van der Waals surface area contributed by atoms with E-state index in [-0.39, 0.29) is 10.9 Å². The number of nitrogens with zero attached hydrogens (tertiary/aromatic N) is 1. The van der Waals surface area contributed by atoms with E-state index < -0.39 is 9.84 Å². The summed E-state index contributed by atoms with van der Waals surface area (Å²) in [5.74, 6) is 1.28. The zero-order chi connectivity index (χ0) is 14.9. The van der Waals surface area contributed by atoms with E-state index in [9.17, 15) is 8.42 Å². The predicted molar refractivity (Wildman–Crippen MR) is 77.2 cm³/mol. The van der Waals surface area contributed by atoms with E-state index >= 15 is 0 Å². The number of rotatable bonds is 4. The molecule has 0 aliphatic heterocycles. The lowest BCUT2D eigenvalue weighted by molar-refractivity contribution is 0.454. The number of nitrogens with two attached hydrogens (primary N) is 1. The Morgan fingerprint density at radius 3 is 2.60 bits per heavy atom. The maximum absolute atomic E-state index is 11.4. The highest BCUT2D eigenvalue weighted by atomic mass is 32.2. The van der Waals surface area contributed by atoms with Crippen molar-refractivity contribution in [1.82, 2.24) is 4.98 Å². The fraction of sp³-hybridized carbons (Fsp3) is 0.308. The summed E-state index contributed by atoms with van der Waals surface area (Å²) in [6.45, 7) is 3.70. The van der Waals surface area contributed by atoms with Gasteiger partial charge in [0.15, 0.2) is 9.84 Å². The Morgan fingerprint density at radius 2 is 2.10 bits per heavy atom. The fourth-order valence-corrected chi connectivity index (χ4v) is 2.43. The van der Waals surface area contributed by atoms with E-state index in [1.54, 1.807) is 12.3 Å². The third kappa shape index (κ3) is 3.11. The standard InChI is InChI=1S/C13H17N3O3S/c1-8-7-15-13(19-8)9(2)16-12-5-4-10(6-11(12)14)20(3,17)18/h4-7,9,16H,14H2,1-3H3. The number of aromatic nitrogens is 1. The van der Waals surface area contributed by atoms with Gasteiger partial charge < -0.3 is 15.5 Å². The zero-order valence-corrected chi connectivity index (χ0v) is 12.4. The highest BCUT2D eigenvalue weighted by Gasteiger charge is 2.14. The van der Waals surface area contributed by atoms with Gasteiger partial charge in [0.2, 0.25) is 5.89 Å². The first kappa shape index (κ1) is 14.4. The number of sulfone groups is 1. The van der Waals surface area contributed by atoms with Crippen LogP contribution in [0.4, 0.5) is 11.4 Å². The van der Waals surface area contributed by atoms with Crippen LogP contribution in [-0.4, -0.2) is 19.7 Å². The highest BCUT2D eigenvalue weighted by molar-refractivity contribution is 7.90. The first-order valence-electron chi connectivity index (χ1n) is 6.06. The fourth-order valence-electron chi connectivity index (χ4n) is 1.77. The lowest BCUT2D eigenvalue weighted by Gasteiger charge is -2.14. The molecule has 7 heteroatoms. The molecule has 1 heterocycles. The van der Waals surface area contributed by atoms with Crippen molar-refractivity contribution in [3.8, 4) is 0 Å². The maximum atomic E-state index is 11.4. The monoisotopic (exact) mass is 295 g/mol. The smallest absolute Gasteiger partial charge is 0.216 e. The second-order valence-electron chi connectivity index (χ2n) is 4.70. The van der Waals surface area contributed by atoms with E-state index in [2.05, 4.69) is 10.3 Å². The molecule has 0 radical (unpaired) electrons. The largest absolute Gasteiger partial charge is 0.444 e. The van der Waals surface area contributed by atoms with Crippen molar-refractivity contribution in [3.05, 3.63) is 36.0 Å². The maximum Gasteiger partial charge on any atom is 0.216 e. The predicted octanol–water partition coefficient (Wildman–Crippen LogP) is 2.14. The average Bonchev–Trinajstić information content (AvgIpc) is 2.77. The van der Waals surface area contributed by atoms with Gasteiger partial charge in [-0.15, -0.1) is 0 Å². The van der Waals surface area contributed by atoms with E-state index in [4.69, 9.17) is 10.2 Å². The van der Waals surface area contributed by atoms with E-state index in [0.717, 1.165) is 12.0 Å². The Hall–Kier alpha value is -2.02. The summed E-state index contributed by atoms with van der Waals surface area (Å²) in [5, 5.41) is 3.14. The van der Waals surface area contributed by atoms with Crippen LogP contribution < -0.4 is 11.1 Å². The van der Waals surface area contributed by atoms with Crippen molar-refractivity contribution in [2.45, 2.75) is 24.8 Å². The minimum atomic E-state index is -3.26. The van der Waals surface area contributed by atoms with E-state index in [1.165, 1.54) is 12.1 Å².